The highest BCUT2D eigenvalue weighted by Crippen LogP contribution is 2.25. The lowest BCUT2D eigenvalue weighted by atomic mass is 9.94. The maximum absolute atomic E-state index is 12.3. The van der Waals surface area contributed by atoms with Crippen LogP contribution in [0.15, 0.2) is 18.2 Å². The molecule has 2 unspecified atom stereocenters. The molecule has 0 spiro atoms. The molecular weight excluding hydrogens is 290 g/mol. The first-order valence-corrected chi connectivity index (χ1v) is 7.52. The molecule has 0 radical (unpaired) electrons. The topological polar surface area (TPSA) is 29.1 Å². The summed E-state index contributed by atoms with van der Waals surface area (Å²) >= 11 is 3.67. The number of hydrogen-bond acceptors (Lipinski definition) is 1. The zero-order valence-electron chi connectivity index (χ0n) is 11.0. The van der Waals surface area contributed by atoms with E-state index in [1.807, 2.05) is 32.0 Å². The van der Waals surface area contributed by atoms with Gasteiger partial charge >= 0.3 is 0 Å². The molecule has 3 heteroatoms. The van der Waals surface area contributed by atoms with Crippen LogP contribution in [0.2, 0.25) is 0 Å². The Hall–Kier alpha value is -0.830. The molecule has 1 saturated carbocycles. The fourth-order valence-corrected chi connectivity index (χ4v) is 3.21. The molecule has 0 heterocycles. The summed E-state index contributed by atoms with van der Waals surface area (Å²) in [5.41, 5.74) is 3.05. The Bertz CT molecular complexity index is 444. The molecule has 1 aromatic carbocycles. The van der Waals surface area contributed by atoms with Crippen molar-refractivity contribution in [1.29, 1.82) is 0 Å². The largest absolute Gasteiger partial charge is 0.348 e. The highest BCUT2D eigenvalue weighted by Gasteiger charge is 2.25. The van der Waals surface area contributed by atoms with E-state index in [9.17, 15) is 4.79 Å². The van der Waals surface area contributed by atoms with Crippen molar-refractivity contribution in [2.45, 2.75) is 50.4 Å². The molecule has 1 amide bonds. The first kappa shape index (κ1) is 13.6. The van der Waals surface area contributed by atoms with E-state index >= 15 is 0 Å². The number of rotatable bonds is 2. The number of nitrogens with one attached hydrogen (secondary N) is 1. The van der Waals surface area contributed by atoms with Gasteiger partial charge in [-0.05, 0) is 43.9 Å². The molecule has 18 heavy (non-hydrogen) atoms. The molecule has 0 saturated heterocycles. The molecule has 0 bridgehead atoms. The van der Waals surface area contributed by atoms with Gasteiger partial charge in [0.1, 0.15) is 0 Å². The first-order chi connectivity index (χ1) is 8.59. The minimum atomic E-state index is 0.0625. The van der Waals surface area contributed by atoms with Crippen molar-refractivity contribution in [2.24, 2.45) is 0 Å². The fourth-order valence-electron chi connectivity index (χ4n) is 2.49. The molecule has 1 N–H and O–H groups in total. The predicted molar refractivity (Wildman–Crippen MR) is 78.4 cm³/mol. The number of benzene rings is 1. The van der Waals surface area contributed by atoms with Crippen molar-refractivity contribution in [2.75, 3.05) is 0 Å². The van der Waals surface area contributed by atoms with Gasteiger partial charge in [-0.1, -0.05) is 40.9 Å². The summed E-state index contributed by atoms with van der Waals surface area (Å²) in [6.45, 7) is 4.05. The Morgan fingerprint density at radius 1 is 1.28 bits per heavy atom. The van der Waals surface area contributed by atoms with Crippen LogP contribution in [-0.2, 0) is 0 Å². The predicted octanol–water partition coefficient (Wildman–Crippen LogP) is 3.74. The Morgan fingerprint density at radius 3 is 2.72 bits per heavy atom. The smallest absolute Gasteiger partial charge is 0.251 e. The van der Waals surface area contributed by atoms with Crippen molar-refractivity contribution in [1.82, 2.24) is 5.32 Å². The van der Waals surface area contributed by atoms with Crippen LogP contribution >= 0.6 is 15.9 Å². The summed E-state index contributed by atoms with van der Waals surface area (Å²) in [4.78, 5) is 12.7. The quantitative estimate of drug-likeness (QED) is 0.828. The molecule has 1 aliphatic rings. The van der Waals surface area contributed by atoms with Gasteiger partial charge in [0, 0.05) is 16.4 Å². The maximum atomic E-state index is 12.3. The molecule has 1 fully saturated rings. The number of alkyl halides is 1. The number of amides is 1. The van der Waals surface area contributed by atoms with Crippen LogP contribution < -0.4 is 5.32 Å². The zero-order valence-corrected chi connectivity index (χ0v) is 12.6. The second-order valence-corrected chi connectivity index (χ2v) is 6.30. The van der Waals surface area contributed by atoms with Gasteiger partial charge in [0.15, 0.2) is 0 Å². The molecule has 1 aliphatic carbocycles. The van der Waals surface area contributed by atoms with Crippen molar-refractivity contribution in [3.63, 3.8) is 0 Å². The second-order valence-electron chi connectivity index (χ2n) is 5.13. The van der Waals surface area contributed by atoms with E-state index in [1.54, 1.807) is 0 Å². The Balaban J connectivity index is 2.09. The van der Waals surface area contributed by atoms with Gasteiger partial charge in [-0.2, -0.15) is 0 Å². The van der Waals surface area contributed by atoms with E-state index in [0.717, 1.165) is 24.0 Å². The van der Waals surface area contributed by atoms with Crippen LogP contribution in [-0.4, -0.2) is 16.8 Å². The van der Waals surface area contributed by atoms with Gasteiger partial charge in [0.05, 0.1) is 0 Å². The van der Waals surface area contributed by atoms with Gasteiger partial charge in [-0.25, -0.2) is 0 Å². The molecule has 2 nitrogen and oxygen atoms in total. The van der Waals surface area contributed by atoms with E-state index in [2.05, 4.69) is 21.2 Å². The zero-order chi connectivity index (χ0) is 13.1. The number of carbonyl (C=O) groups is 1. The van der Waals surface area contributed by atoms with E-state index < -0.39 is 0 Å². The minimum Gasteiger partial charge on any atom is -0.348 e. The summed E-state index contributed by atoms with van der Waals surface area (Å²) in [5.74, 6) is 0.0625. The molecule has 2 rings (SSSR count). The summed E-state index contributed by atoms with van der Waals surface area (Å²) in [6, 6.07) is 6.17. The van der Waals surface area contributed by atoms with E-state index in [-0.39, 0.29) is 11.9 Å². The van der Waals surface area contributed by atoms with Crippen LogP contribution in [0.4, 0.5) is 0 Å². The standard InChI is InChI=1S/C15H20BrNO/c1-10-6-5-7-12(11(10)2)15(18)17-14-9-4-3-8-13(14)16/h5-7,13-14H,3-4,8-9H2,1-2H3,(H,17,18). The lowest BCUT2D eigenvalue weighted by Gasteiger charge is -2.28. The van der Waals surface area contributed by atoms with E-state index in [4.69, 9.17) is 0 Å². The van der Waals surface area contributed by atoms with Crippen molar-refractivity contribution in [3.05, 3.63) is 34.9 Å². The average Bonchev–Trinajstić information content (AvgIpc) is 2.35. The van der Waals surface area contributed by atoms with Crippen molar-refractivity contribution >= 4 is 21.8 Å². The van der Waals surface area contributed by atoms with Crippen LogP contribution in [0, 0.1) is 13.8 Å². The molecule has 2 atom stereocenters. The van der Waals surface area contributed by atoms with Gasteiger partial charge in [-0.3, -0.25) is 4.79 Å². The highest BCUT2D eigenvalue weighted by molar-refractivity contribution is 9.09. The van der Waals surface area contributed by atoms with Crippen LogP contribution in [0.3, 0.4) is 0 Å². The normalized spacial score (nSPS) is 23.7. The van der Waals surface area contributed by atoms with Crippen molar-refractivity contribution in [3.8, 4) is 0 Å². The maximum Gasteiger partial charge on any atom is 0.251 e. The summed E-state index contributed by atoms with van der Waals surface area (Å²) < 4.78 is 0. The summed E-state index contributed by atoms with van der Waals surface area (Å²) in [6.07, 6.45) is 4.69. The summed E-state index contributed by atoms with van der Waals surface area (Å²) in [7, 11) is 0. The minimum absolute atomic E-state index is 0.0625. The highest BCUT2D eigenvalue weighted by atomic mass is 79.9. The number of aryl methyl sites for hydroxylation is 1. The van der Waals surface area contributed by atoms with Gasteiger partial charge < -0.3 is 5.32 Å². The third-order valence-corrected chi connectivity index (χ3v) is 4.94. The Labute approximate surface area is 117 Å². The molecule has 98 valence electrons. The number of carbonyl (C=O) groups excluding carboxylic acids is 1. The van der Waals surface area contributed by atoms with Crippen LogP contribution in [0.5, 0.6) is 0 Å². The number of hydrogen-bond donors (Lipinski definition) is 1. The van der Waals surface area contributed by atoms with E-state index in [1.165, 1.54) is 18.4 Å². The average molecular weight is 310 g/mol. The fraction of sp³-hybridized carbons (Fsp3) is 0.533. The molecule has 0 aliphatic heterocycles. The SMILES string of the molecule is Cc1cccc(C(=O)NC2CCCCC2Br)c1C. The van der Waals surface area contributed by atoms with Crippen LogP contribution in [0.1, 0.15) is 47.2 Å². The monoisotopic (exact) mass is 309 g/mol. The van der Waals surface area contributed by atoms with Gasteiger partial charge in [0.25, 0.3) is 5.91 Å². The second kappa shape index (κ2) is 5.87. The third kappa shape index (κ3) is 2.94. The number of halogens is 1. The Kier molecular flexibility index (Phi) is 4.44. The van der Waals surface area contributed by atoms with Gasteiger partial charge in [0.2, 0.25) is 0 Å². The molecular formula is C15H20BrNO. The van der Waals surface area contributed by atoms with Gasteiger partial charge in [-0.15, -0.1) is 0 Å². The molecule has 1 aromatic rings. The van der Waals surface area contributed by atoms with Crippen molar-refractivity contribution < 1.29 is 4.79 Å². The summed E-state index contributed by atoms with van der Waals surface area (Å²) in [5, 5.41) is 3.17. The van der Waals surface area contributed by atoms with E-state index in [0.29, 0.717) is 4.83 Å². The third-order valence-electron chi connectivity index (χ3n) is 3.85. The van der Waals surface area contributed by atoms with Crippen LogP contribution in [0.25, 0.3) is 0 Å². The molecule has 0 aromatic heterocycles. The lowest BCUT2D eigenvalue weighted by molar-refractivity contribution is 0.0929. The lowest BCUT2D eigenvalue weighted by Crippen LogP contribution is -2.42. The first-order valence-electron chi connectivity index (χ1n) is 6.60. The Morgan fingerprint density at radius 2 is 2.00 bits per heavy atom.